The number of sulfonamides is 1. The number of nitrogens with zero attached hydrogens (tertiary/aromatic N) is 3. The Morgan fingerprint density at radius 2 is 1.91 bits per heavy atom. The van der Waals surface area contributed by atoms with Crippen LogP contribution in [0.4, 0.5) is 0 Å². The Hall–Kier alpha value is -2.91. The number of rotatable bonds is 8. The van der Waals surface area contributed by atoms with Crippen molar-refractivity contribution in [2.24, 2.45) is 0 Å². The fourth-order valence-corrected chi connectivity index (χ4v) is 5.66. The summed E-state index contributed by atoms with van der Waals surface area (Å²) in [6.45, 7) is 7.39. The number of hydrogen-bond acceptors (Lipinski definition) is 7. The molecular weight excluding hydrogens is 454 g/mol. The Morgan fingerprint density at radius 1 is 1.15 bits per heavy atom. The highest BCUT2D eigenvalue weighted by atomic mass is 32.2. The highest BCUT2D eigenvalue weighted by Crippen LogP contribution is 2.34. The first-order valence-electron chi connectivity index (χ1n) is 11.6. The second kappa shape index (κ2) is 10.1. The topological polar surface area (TPSA) is 94.8 Å². The summed E-state index contributed by atoms with van der Waals surface area (Å²) >= 11 is 0. The number of aromatic nitrogens is 2. The van der Waals surface area contributed by atoms with Crippen molar-refractivity contribution in [2.75, 3.05) is 26.8 Å². The summed E-state index contributed by atoms with van der Waals surface area (Å²) in [5, 5.41) is 4.13. The number of benzene rings is 2. The van der Waals surface area contributed by atoms with E-state index in [2.05, 4.69) is 24.0 Å². The lowest BCUT2D eigenvalue weighted by molar-refractivity contribution is 0.265. The van der Waals surface area contributed by atoms with E-state index in [9.17, 15) is 8.42 Å². The van der Waals surface area contributed by atoms with E-state index in [1.807, 2.05) is 31.2 Å². The summed E-state index contributed by atoms with van der Waals surface area (Å²) in [4.78, 5) is 4.89. The number of piperidine rings is 1. The Kier molecular flexibility index (Phi) is 7.23. The van der Waals surface area contributed by atoms with Gasteiger partial charge >= 0.3 is 0 Å². The van der Waals surface area contributed by atoms with Crippen molar-refractivity contribution in [1.82, 2.24) is 14.4 Å². The van der Waals surface area contributed by atoms with Gasteiger partial charge in [-0.25, -0.2) is 8.42 Å². The molecule has 0 spiro atoms. The average Bonchev–Trinajstić information content (AvgIpc) is 3.35. The molecule has 1 atom stereocenters. The minimum Gasteiger partial charge on any atom is -0.493 e. The van der Waals surface area contributed by atoms with Crippen LogP contribution in [-0.4, -0.2) is 49.7 Å². The van der Waals surface area contributed by atoms with Crippen LogP contribution in [0.1, 0.15) is 56.9 Å². The zero-order valence-corrected chi connectivity index (χ0v) is 20.8. The molecule has 1 aliphatic rings. The van der Waals surface area contributed by atoms with E-state index in [0.717, 1.165) is 24.0 Å². The fourth-order valence-electron chi connectivity index (χ4n) is 4.14. The molecule has 0 aliphatic carbocycles. The highest BCUT2D eigenvalue weighted by Gasteiger charge is 2.33. The van der Waals surface area contributed by atoms with E-state index in [-0.39, 0.29) is 5.92 Å². The quantitative estimate of drug-likeness (QED) is 0.451. The molecule has 1 aliphatic heterocycles. The van der Waals surface area contributed by atoms with Crippen molar-refractivity contribution in [3.8, 4) is 22.9 Å². The van der Waals surface area contributed by atoms with Crippen LogP contribution in [0.5, 0.6) is 11.5 Å². The van der Waals surface area contributed by atoms with Crippen molar-refractivity contribution in [1.29, 1.82) is 0 Å². The molecule has 4 rings (SSSR count). The zero-order valence-electron chi connectivity index (χ0n) is 20.0. The number of ether oxygens (including phenoxy) is 2. The largest absolute Gasteiger partial charge is 0.493 e. The van der Waals surface area contributed by atoms with E-state index in [1.165, 1.54) is 4.31 Å². The lowest BCUT2D eigenvalue weighted by Crippen LogP contribution is -2.39. The summed E-state index contributed by atoms with van der Waals surface area (Å²) in [7, 11) is -2.02. The van der Waals surface area contributed by atoms with Gasteiger partial charge in [-0.15, -0.1) is 0 Å². The Bertz CT molecular complexity index is 1220. The van der Waals surface area contributed by atoms with Crippen LogP contribution in [0.3, 0.4) is 0 Å². The van der Waals surface area contributed by atoms with Gasteiger partial charge < -0.3 is 14.0 Å². The van der Waals surface area contributed by atoms with E-state index >= 15 is 0 Å². The molecule has 2 aromatic carbocycles. The summed E-state index contributed by atoms with van der Waals surface area (Å²) in [6.07, 6.45) is 1.51. The molecule has 0 unspecified atom stereocenters. The monoisotopic (exact) mass is 485 g/mol. The second-order valence-electron chi connectivity index (χ2n) is 8.68. The summed E-state index contributed by atoms with van der Waals surface area (Å²) in [5.41, 5.74) is 1.85. The van der Waals surface area contributed by atoms with Gasteiger partial charge in [0.1, 0.15) is 0 Å². The molecule has 1 aromatic heterocycles. The molecule has 0 saturated carbocycles. The zero-order chi connectivity index (χ0) is 24.3. The Balaban J connectivity index is 1.52. The molecule has 1 fully saturated rings. The third-order valence-corrected chi connectivity index (χ3v) is 7.96. The smallest absolute Gasteiger partial charge is 0.243 e. The predicted octanol–water partition coefficient (Wildman–Crippen LogP) is 4.84. The third kappa shape index (κ3) is 4.95. The maximum Gasteiger partial charge on any atom is 0.243 e. The molecule has 0 radical (unpaired) electrons. The van der Waals surface area contributed by atoms with Gasteiger partial charge in [0.05, 0.1) is 24.5 Å². The van der Waals surface area contributed by atoms with Gasteiger partial charge in [-0.2, -0.15) is 9.29 Å². The van der Waals surface area contributed by atoms with Gasteiger partial charge in [-0.05, 0) is 61.6 Å². The first-order valence-corrected chi connectivity index (χ1v) is 13.0. The van der Waals surface area contributed by atoms with Gasteiger partial charge in [-0.3, -0.25) is 0 Å². The molecule has 182 valence electrons. The maximum absolute atomic E-state index is 13.3. The van der Waals surface area contributed by atoms with Crippen LogP contribution in [0, 0.1) is 0 Å². The lowest BCUT2D eigenvalue weighted by Gasteiger charge is -2.30. The van der Waals surface area contributed by atoms with Gasteiger partial charge in [0.2, 0.25) is 21.7 Å². The number of hydrogen-bond donors (Lipinski definition) is 0. The van der Waals surface area contributed by atoms with Gasteiger partial charge in [0.15, 0.2) is 11.5 Å². The minimum absolute atomic E-state index is 0.163. The van der Waals surface area contributed by atoms with E-state index in [1.54, 1.807) is 25.3 Å². The van der Waals surface area contributed by atoms with Crippen LogP contribution in [0.2, 0.25) is 0 Å². The highest BCUT2D eigenvalue weighted by molar-refractivity contribution is 7.89. The molecular formula is C25H31N3O5S. The maximum atomic E-state index is 13.3. The van der Waals surface area contributed by atoms with E-state index in [4.69, 9.17) is 14.0 Å². The van der Waals surface area contributed by atoms with Crippen LogP contribution in [-0.2, 0) is 10.0 Å². The normalized spacial score (nSPS) is 17.1. The summed E-state index contributed by atoms with van der Waals surface area (Å²) in [5.74, 6) is 2.29. The lowest BCUT2D eigenvalue weighted by atomic mass is 10.00. The predicted molar refractivity (Wildman–Crippen MR) is 129 cm³/mol. The van der Waals surface area contributed by atoms with Gasteiger partial charge in [-0.1, -0.05) is 31.1 Å². The molecule has 8 nitrogen and oxygen atoms in total. The molecule has 0 N–H and O–H groups in total. The van der Waals surface area contributed by atoms with Crippen molar-refractivity contribution in [3.05, 3.63) is 53.9 Å². The van der Waals surface area contributed by atoms with Crippen LogP contribution >= 0.6 is 0 Å². The first kappa shape index (κ1) is 24.2. The van der Waals surface area contributed by atoms with Crippen LogP contribution in [0.25, 0.3) is 11.4 Å². The van der Waals surface area contributed by atoms with Crippen molar-refractivity contribution < 1.29 is 22.4 Å². The molecule has 0 amide bonds. The summed E-state index contributed by atoms with van der Waals surface area (Å²) < 4.78 is 44.6. The van der Waals surface area contributed by atoms with Gasteiger partial charge in [0.25, 0.3) is 0 Å². The van der Waals surface area contributed by atoms with Crippen molar-refractivity contribution >= 4 is 10.0 Å². The molecule has 2 heterocycles. The number of methoxy groups -OCH3 is 1. The van der Waals surface area contributed by atoms with Crippen LogP contribution in [0.15, 0.2) is 51.9 Å². The minimum atomic E-state index is -3.60. The summed E-state index contributed by atoms with van der Waals surface area (Å²) in [6, 6.07) is 12.6. The third-order valence-electron chi connectivity index (χ3n) is 6.08. The van der Waals surface area contributed by atoms with E-state index in [0.29, 0.717) is 53.7 Å². The van der Waals surface area contributed by atoms with Gasteiger partial charge in [0, 0.05) is 18.7 Å². The van der Waals surface area contributed by atoms with Crippen LogP contribution < -0.4 is 9.47 Å². The average molecular weight is 486 g/mol. The SMILES string of the molecule is CCOc1ccc(-c2noc([C@H]3CCCN(S(=O)(=O)c4ccc(C(C)C)cc4)C3)n2)cc1OC. The Labute approximate surface area is 200 Å². The molecule has 3 aromatic rings. The molecule has 9 heteroatoms. The molecule has 1 saturated heterocycles. The second-order valence-corrected chi connectivity index (χ2v) is 10.6. The van der Waals surface area contributed by atoms with Crippen molar-refractivity contribution in [2.45, 2.75) is 50.3 Å². The molecule has 0 bridgehead atoms. The first-order chi connectivity index (χ1) is 16.3. The van der Waals surface area contributed by atoms with Crippen molar-refractivity contribution in [3.63, 3.8) is 0 Å². The fraction of sp³-hybridized carbons (Fsp3) is 0.440. The standard InChI is InChI=1S/C25H31N3O5S/c1-5-32-22-13-10-19(15-23(22)31-4)24-26-25(33-27-24)20-7-6-14-28(16-20)34(29,30)21-11-8-18(9-12-21)17(2)3/h8-13,15,17,20H,5-7,14,16H2,1-4H3/t20-/m0/s1. The molecule has 34 heavy (non-hydrogen) atoms. The van der Waals surface area contributed by atoms with E-state index < -0.39 is 10.0 Å². The Morgan fingerprint density at radius 3 is 2.59 bits per heavy atom.